The van der Waals surface area contributed by atoms with Crippen molar-refractivity contribution in [3.05, 3.63) is 60.2 Å². The zero-order valence-corrected chi connectivity index (χ0v) is 17.4. The molecule has 8 heteroatoms. The van der Waals surface area contributed by atoms with Crippen LogP contribution in [-0.4, -0.2) is 65.7 Å². The monoisotopic (exact) mass is 407 g/mol. The molecule has 30 heavy (non-hydrogen) atoms. The first-order valence-electron chi connectivity index (χ1n) is 9.85. The van der Waals surface area contributed by atoms with Gasteiger partial charge >= 0.3 is 0 Å². The predicted octanol–water partition coefficient (Wildman–Crippen LogP) is 2.56. The number of hydrogen-bond acceptors (Lipinski definition) is 6. The molecule has 4 rings (SSSR count). The third-order valence-corrected chi connectivity index (χ3v) is 5.20. The predicted molar refractivity (Wildman–Crippen MR) is 114 cm³/mol. The fraction of sp³-hybridized carbons (Fsp3) is 0.318. The zero-order chi connectivity index (χ0) is 21.1. The summed E-state index contributed by atoms with van der Waals surface area (Å²) >= 11 is 0. The molecule has 1 aromatic carbocycles. The summed E-state index contributed by atoms with van der Waals surface area (Å²) in [5.41, 5.74) is 0.512. The number of nitrogens with zero attached hydrogens (tertiary/aromatic N) is 5. The number of rotatable bonds is 5. The van der Waals surface area contributed by atoms with Gasteiger partial charge in [-0.3, -0.25) is 4.79 Å². The summed E-state index contributed by atoms with van der Waals surface area (Å²) < 4.78 is 12.7. The maximum absolute atomic E-state index is 13.1. The number of methoxy groups -OCH3 is 2. The van der Waals surface area contributed by atoms with Gasteiger partial charge in [-0.15, -0.1) is 0 Å². The van der Waals surface area contributed by atoms with Crippen molar-refractivity contribution in [3.8, 4) is 17.3 Å². The van der Waals surface area contributed by atoms with E-state index in [0.29, 0.717) is 43.2 Å². The molecule has 156 valence electrons. The van der Waals surface area contributed by atoms with Crippen LogP contribution in [0.15, 0.2) is 48.8 Å². The number of benzene rings is 1. The minimum atomic E-state index is -0.0581. The van der Waals surface area contributed by atoms with Crippen molar-refractivity contribution in [1.29, 1.82) is 0 Å². The van der Waals surface area contributed by atoms with E-state index >= 15 is 0 Å². The van der Waals surface area contributed by atoms with Crippen LogP contribution in [-0.2, 0) is 0 Å². The highest BCUT2D eigenvalue weighted by atomic mass is 16.5. The van der Waals surface area contributed by atoms with E-state index in [4.69, 9.17) is 9.47 Å². The number of anilines is 1. The van der Waals surface area contributed by atoms with Gasteiger partial charge in [0, 0.05) is 44.6 Å². The Kier molecular flexibility index (Phi) is 5.56. The molecule has 0 radical (unpaired) electrons. The van der Waals surface area contributed by atoms with Gasteiger partial charge in [0.05, 0.1) is 19.8 Å². The minimum Gasteiger partial charge on any atom is -0.493 e. The van der Waals surface area contributed by atoms with Crippen LogP contribution in [0.1, 0.15) is 16.2 Å². The van der Waals surface area contributed by atoms with Crippen LogP contribution in [0, 0.1) is 6.92 Å². The Labute approximate surface area is 175 Å². The fourth-order valence-electron chi connectivity index (χ4n) is 3.68. The van der Waals surface area contributed by atoms with Gasteiger partial charge in [-0.2, -0.15) is 0 Å². The van der Waals surface area contributed by atoms with Crippen molar-refractivity contribution in [2.24, 2.45) is 0 Å². The van der Waals surface area contributed by atoms with E-state index in [-0.39, 0.29) is 5.91 Å². The van der Waals surface area contributed by atoms with Crippen LogP contribution in [0.3, 0.4) is 0 Å². The second-order valence-electron chi connectivity index (χ2n) is 7.04. The van der Waals surface area contributed by atoms with Gasteiger partial charge in [-0.25, -0.2) is 9.97 Å². The second kappa shape index (κ2) is 8.44. The van der Waals surface area contributed by atoms with Gasteiger partial charge < -0.3 is 23.8 Å². The lowest BCUT2D eigenvalue weighted by atomic mass is 10.1. The van der Waals surface area contributed by atoms with Crippen LogP contribution < -0.4 is 14.4 Å². The summed E-state index contributed by atoms with van der Waals surface area (Å²) in [5.74, 6) is 3.39. The molecule has 1 saturated heterocycles. The number of hydrogen-bond donors (Lipinski definition) is 0. The molecule has 3 heterocycles. The second-order valence-corrected chi connectivity index (χ2v) is 7.04. The number of para-hydroxylation sites is 1. The van der Waals surface area contributed by atoms with Crippen molar-refractivity contribution in [2.45, 2.75) is 6.92 Å². The normalized spacial score (nSPS) is 14.0. The Morgan fingerprint density at radius 3 is 2.30 bits per heavy atom. The third kappa shape index (κ3) is 3.80. The zero-order valence-electron chi connectivity index (χ0n) is 17.4. The smallest absolute Gasteiger partial charge is 0.257 e. The summed E-state index contributed by atoms with van der Waals surface area (Å²) in [6.07, 6.45) is 3.92. The molecule has 0 N–H and O–H groups in total. The minimum absolute atomic E-state index is 0.0581. The van der Waals surface area contributed by atoms with E-state index in [1.54, 1.807) is 32.4 Å². The highest BCUT2D eigenvalue weighted by molar-refractivity contribution is 5.98. The van der Waals surface area contributed by atoms with Crippen LogP contribution in [0.25, 0.3) is 5.82 Å². The number of amides is 1. The van der Waals surface area contributed by atoms with Gasteiger partial charge in [0.15, 0.2) is 11.5 Å². The van der Waals surface area contributed by atoms with Crippen LogP contribution in [0.5, 0.6) is 11.5 Å². The Morgan fingerprint density at radius 1 is 0.933 bits per heavy atom. The van der Waals surface area contributed by atoms with Gasteiger partial charge in [0.2, 0.25) is 0 Å². The summed E-state index contributed by atoms with van der Waals surface area (Å²) in [7, 11) is 3.11. The first-order chi connectivity index (χ1) is 14.6. The number of ether oxygens (including phenoxy) is 2. The van der Waals surface area contributed by atoms with Crippen LogP contribution in [0.2, 0.25) is 0 Å². The molecule has 0 unspecified atom stereocenters. The van der Waals surface area contributed by atoms with E-state index in [1.165, 1.54) is 0 Å². The Morgan fingerprint density at radius 2 is 1.63 bits per heavy atom. The van der Waals surface area contributed by atoms with E-state index < -0.39 is 0 Å². The molecule has 1 aliphatic rings. The van der Waals surface area contributed by atoms with Crippen molar-refractivity contribution in [1.82, 2.24) is 19.4 Å². The van der Waals surface area contributed by atoms with E-state index in [9.17, 15) is 4.79 Å². The molecular formula is C22H25N5O3. The number of carbonyl (C=O) groups excluding carboxylic acids is 1. The average Bonchev–Trinajstić information content (AvgIpc) is 3.33. The summed E-state index contributed by atoms with van der Waals surface area (Å²) in [5, 5.41) is 0. The molecule has 8 nitrogen and oxygen atoms in total. The first-order valence-corrected chi connectivity index (χ1v) is 9.85. The molecule has 0 spiro atoms. The molecule has 0 atom stereocenters. The van der Waals surface area contributed by atoms with Crippen molar-refractivity contribution in [3.63, 3.8) is 0 Å². The lowest BCUT2D eigenvalue weighted by Gasteiger charge is -2.35. The molecule has 0 bridgehead atoms. The van der Waals surface area contributed by atoms with Crippen molar-refractivity contribution < 1.29 is 14.3 Å². The molecule has 3 aromatic rings. The Bertz CT molecular complexity index is 1030. The molecule has 0 aliphatic carbocycles. The lowest BCUT2D eigenvalue weighted by Crippen LogP contribution is -2.49. The van der Waals surface area contributed by atoms with Gasteiger partial charge in [0.25, 0.3) is 5.91 Å². The number of carbonyl (C=O) groups is 1. The van der Waals surface area contributed by atoms with Gasteiger partial charge in [0.1, 0.15) is 17.5 Å². The molecule has 1 amide bonds. The number of aryl methyl sites for hydroxylation is 1. The molecule has 1 aliphatic heterocycles. The van der Waals surface area contributed by atoms with Crippen molar-refractivity contribution >= 4 is 11.7 Å². The van der Waals surface area contributed by atoms with E-state index in [2.05, 4.69) is 14.9 Å². The van der Waals surface area contributed by atoms with Crippen molar-refractivity contribution in [2.75, 3.05) is 45.3 Å². The number of piperazine rings is 1. The topological polar surface area (TPSA) is 72.7 Å². The maximum atomic E-state index is 13.1. The average molecular weight is 407 g/mol. The molecular weight excluding hydrogens is 382 g/mol. The maximum Gasteiger partial charge on any atom is 0.257 e. The molecule has 1 fully saturated rings. The van der Waals surface area contributed by atoms with Gasteiger partial charge in [-0.05, 0) is 31.2 Å². The fourth-order valence-corrected chi connectivity index (χ4v) is 3.68. The van der Waals surface area contributed by atoms with E-state index in [0.717, 1.165) is 17.5 Å². The standard InChI is InChI=1S/C22H25N5O3/c1-16-23-19(25-9-4-5-10-25)15-20(24-16)26-11-13-27(14-12-26)22(28)17-7-6-8-18(29-2)21(17)30-3/h4-10,15H,11-14H2,1-3H3. The van der Waals surface area contributed by atoms with Crippen LogP contribution >= 0.6 is 0 Å². The largest absolute Gasteiger partial charge is 0.493 e. The third-order valence-electron chi connectivity index (χ3n) is 5.20. The summed E-state index contributed by atoms with van der Waals surface area (Å²) in [4.78, 5) is 26.3. The highest BCUT2D eigenvalue weighted by Crippen LogP contribution is 2.31. The summed E-state index contributed by atoms with van der Waals surface area (Å²) in [6.45, 7) is 4.48. The Hall–Kier alpha value is -3.55. The first kappa shape index (κ1) is 19.8. The van der Waals surface area contributed by atoms with Gasteiger partial charge in [-0.1, -0.05) is 6.07 Å². The van der Waals surface area contributed by atoms with E-state index in [1.807, 2.05) is 47.0 Å². The SMILES string of the molecule is COc1cccc(C(=O)N2CCN(c3cc(-n4cccc4)nc(C)n3)CC2)c1OC. The number of aromatic nitrogens is 3. The molecule has 0 saturated carbocycles. The Balaban J connectivity index is 1.49. The quantitative estimate of drug-likeness (QED) is 0.647. The highest BCUT2D eigenvalue weighted by Gasteiger charge is 2.26. The van der Waals surface area contributed by atoms with Crippen LogP contribution in [0.4, 0.5) is 5.82 Å². The molecule has 2 aromatic heterocycles. The summed E-state index contributed by atoms with van der Waals surface area (Å²) in [6, 6.07) is 11.3. The lowest BCUT2D eigenvalue weighted by molar-refractivity contribution is 0.0742.